The predicted molar refractivity (Wildman–Crippen MR) is 102 cm³/mol. The lowest BCUT2D eigenvalue weighted by Gasteiger charge is -2.09. The Kier molecular flexibility index (Phi) is 5.86. The van der Waals surface area contributed by atoms with E-state index in [1.165, 1.54) is 11.5 Å². The van der Waals surface area contributed by atoms with Gasteiger partial charge in [-0.15, -0.1) is 0 Å². The van der Waals surface area contributed by atoms with Crippen molar-refractivity contribution in [2.24, 2.45) is 0 Å². The Balaban J connectivity index is 1.55. The van der Waals surface area contributed by atoms with Gasteiger partial charge in [-0.3, -0.25) is 0 Å². The van der Waals surface area contributed by atoms with Crippen molar-refractivity contribution in [1.29, 1.82) is 0 Å². The van der Waals surface area contributed by atoms with E-state index in [1.54, 1.807) is 0 Å². The fourth-order valence-electron chi connectivity index (χ4n) is 2.30. The minimum Gasteiger partial charge on any atom is -0.369 e. The van der Waals surface area contributed by atoms with Crippen molar-refractivity contribution in [2.75, 3.05) is 18.4 Å². The monoisotopic (exact) mass is 461 g/mol. The van der Waals surface area contributed by atoms with Crippen LogP contribution in [0.25, 0.3) is 10.1 Å². The fourth-order valence-corrected chi connectivity index (χ4v) is 4.52. The number of anilines is 1. The Labute approximate surface area is 161 Å². The minimum atomic E-state index is -4.13. The van der Waals surface area contributed by atoms with Gasteiger partial charge in [-0.05, 0) is 58.1 Å². The summed E-state index contributed by atoms with van der Waals surface area (Å²) < 4.78 is 59.0. The molecule has 3 aromatic rings. The van der Waals surface area contributed by atoms with Crippen LogP contribution in [0, 0.1) is 11.6 Å². The second-order valence-electron chi connectivity index (χ2n) is 5.40. The van der Waals surface area contributed by atoms with Gasteiger partial charge in [0.1, 0.15) is 22.3 Å². The maximum Gasteiger partial charge on any atom is 0.243 e. The summed E-state index contributed by atoms with van der Waals surface area (Å²) in [5.41, 5.74) is 0. The summed E-state index contributed by atoms with van der Waals surface area (Å²) in [7, 11) is -4.13. The largest absolute Gasteiger partial charge is 0.369 e. The second-order valence-corrected chi connectivity index (χ2v) is 8.80. The van der Waals surface area contributed by atoms with Gasteiger partial charge in [0, 0.05) is 18.5 Å². The molecule has 0 aliphatic carbocycles. The average molecular weight is 462 g/mol. The van der Waals surface area contributed by atoms with Crippen LogP contribution >= 0.6 is 27.5 Å². The molecule has 0 amide bonds. The third kappa shape index (κ3) is 4.20. The number of nitrogens with zero attached hydrogens (tertiary/aromatic N) is 1. The van der Waals surface area contributed by atoms with Gasteiger partial charge < -0.3 is 5.32 Å². The quantitative estimate of drug-likeness (QED) is 0.410. The molecule has 0 radical (unpaired) electrons. The Morgan fingerprint density at radius 3 is 2.69 bits per heavy atom. The average Bonchev–Trinajstić information content (AvgIpc) is 3.01. The van der Waals surface area contributed by atoms with Gasteiger partial charge >= 0.3 is 0 Å². The van der Waals surface area contributed by atoms with Gasteiger partial charge in [0.05, 0.1) is 9.17 Å². The molecule has 26 heavy (non-hydrogen) atoms. The van der Waals surface area contributed by atoms with Crippen molar-refractivity contribution in [3.63, 3.8) is 0 Å². The van der Waals surface area contributed by atoms with Crippen molar-refractivity contribution < 1.29 is 17.2 Å². The molecular formula is C16H14BrF2N3O2S2. The van der Waals surface area contributed by atoms with Crippen molar-refractivity contribution >= 4 is 53.4 Å². The zero-order valence-electron chi connectivity index (χ0n) is 13.3. The molecule has 0 aliphatic rings. The highest BCUT2D eigenvalue weighted by Gasteiger charge is 2.21. The molecule has 2 N–H and O–H groups in total. The second kappa shape index (κ2) is 7.95. The normalized spacial score (nSPS) is 11.8. The third-order valence-electron chi connectivity index (χ3n) is 3.58. The standard InChI is InChI=1S/C16H14BrF2N3O2S2/c17-11-8-13(19)15(9-12(11)18)26(23,24)21-7-3-6-20-16-10-4-1-2-5-14(10)25-22-16/h1-2,4-5,8-9,21H,3,6-7H2,(H,20,22). The molecule has 2 aromatic carbocycles. The maximum atomic E-state index is 13.8. The first kappa shape index (κ1) is 19.2. The molecule has 0 saturated carbocycles. The van der Waals surface area contributed by atoms with Crippen LogP contribution in [0.2, 0.25) is 0 Å². The van der Waals surface area contributed by atoms with Crippen molar-refractivity contribution in [3.05, 3.63) is 52.5 Å². The Morgan fingerprint density at radius 1 is 1.12 bits per heavy atom. The van der Waals surface area contributed by atoms with Crippen LogP contribution in [0.1, 0.15) is 6.42 Å². The maximum absolute atomic E-state index is 13.8. The van der Waals surface area contributed by atoms with E-state index in [4.69, 9.17) is 0 Å². The first-order chi connectivity index (χ1) is 12.4. The molecule has 0 spiro atoms. The number of hydrogen-bond donors (Lipinski definition) is 2. The number of sulfonamides is 1. The summed E-state index contributed by atoms with van der Waals surface area (Å²) >= 11 is 4.19. The number of halogens is 3. The SMILES string of the molecule is O=S(=O)(NCCCNc1nsc2ccccc12)c1cc(F)c(Br)cc1F. The lowest BCUT2D eigenvalue weighted by atomic mass is 10.2. The Morgan fingerprint density at radius 2 is 1.88 bits per heavy atom. The van der Waals surface area contributed by atoms with E-state index in [0.717, 1.165) is 22.0 Å². The van der Waals surface area contributed by atoms with E-state index in [1.807, 2.05) is 24.3 Å². The van der Waals surface area contributed by atoms with Crippen LogP contribution in [0.4, 0.5) is 14.6 Å². The molecule has 3 rings (SSSR count). The zero-order valence-corrected chi connectivity index (χ0v) is 16.5. The minimum absolute atomic E-state index is 0.0779. The first-order valence-electron chi connectivity index (χ1n) is 7.61. The van der Waals surface area contributed by atoms with Gasteiger partial charge in [-0.1, -0.05) is 12.1 Å². The molecule has 5 nitrogen and oxygen atoms in total. The van der Waals surface area contributed by atoms with Gasteiger partial charge in [0.2, 0.25) is 10.0 Å². The van der Waals surface area contributed by atoms with E-state index in [0.29, 0.717) is 19.0 Å². The van der Waals surface area contributed by atoms with Crippen LogP contribution in [-0.4, -0.2) is 25.9 Å². The molecule has 10 heteroatoms. The summed E-state index contributed by atoms with van der Waals surface area (Å²) in [6.45, 7) is 0.557. The zero-order chi connectivity index (χ0) is 18.7. The van der Waals surface area contributed by atoms with Crippen LogP contribution in [0.3, 0.4) is 0 Å². The van der Waals surface area contributed by atoms with E-state index in [9.17, 15) is 17.2 Å². The van der Waals surface area contributed by atoms with Gasteiger partial charge in [-0.25, -0.2) is 21.9 Å². The van der Waals surface area contributed by atoms with Crippen LogP contribution in [0.15, 0.2) is 45.8 Å². The van der Waals surface area contributed by atoms with E-state index < -0.39 is 26.6 Å². The number of rotatable bonds is 7. The summed E-state index contributed by atoms with van der Waals surface area (Å²) in [6.07, 6.45) is 0.450. The summed E-state index contributed by atoms with van der Waals surface area (Å²) in [4.78, 5) is -0.711. The Bertz CT molecular complexity index is 1040. The van der Waals surface area contributed by atoms with E-state index >= 15 is 0 Å². The Hall–Kier alpha value is -1.62. The fraction of sp³-hybridized carbons (Fsp3) is 0.188. The summed E-state index contributed by atoms with van der Waals surface area (Å²) in [5, 5.41) is 4.15. The summed E-state index contributed by atoms with van der Waals surface area (Å²) in [6, 6.07) is 9.22. The molecule has 0 bridgehead atoms. The predicted octanol–water partition coefficient (Wildman–Crippen LogP) is 4.12. The highest BCUT2D eigenvalue weighted by molar-refractivity contribution is 9.10. The lowest BCUT2D eigenvalue weighted by Crippen LogP contribution is -2.27. The molecule has 1 heterocycles. The van der Waals surface area contributed by atoms with E-state index in [2.05, 4.69) is 30.3 Å². The number of hydrogen-bond acceptors (Lipinski definition) is 5. The molecule has 138 valence electrons. The number of nitrogens with one attached hydrogen (secondary N) is 2. The van der Waals surface area contributed by atoms with Gasteiger partial charge in [0.25, 0.3) is 0 Å². The summed E-state index contributed by atoms with van der Waals surface area (Å²) in [5.74, 6) is -1.11. The number of benzene rings is 2. The molecule has 0 aliphatic heterocycles. The van der Waals surface area contributed by atoms with E-state index in [-0.39, 0.29) is 11.0 Å². The van der Waals surface area contributed by atoms with Crippen molar-refractivity contribution in [1.82, 2.24) is 9.10 Å². The molecule has 1 aromatic heterocycles. The highest BCUT2D eigenvalue weighted by atomic mass is 79.9. The van der Waals surface area contributed by atoms with Crippen molar-refractivity contribution in [3.8, 4) is 0 Å². The molecule has 0 unspecified atom stereocenters. The lowest BCUT2D eigenvalue weighted by molar-refractivity contribution is 0.543. The molecule has 0 saturated heterocycles. The first-order valence-corrected chi connectivity index (χ1v) is 10.7. The van der Waals surface area contributed by atoms with Crippen LogP contribution in [0.5, 0.6) is 0 Å². The third-order valence-corrected chi connectivity index (χ3v) is 6.49. The molecule has 0 atom stereocenters. The molecular weight excluding hydrogens is 448 g/mol. The van der Waals surface area contributed by atoms with Crippen molar-refractivity contribution in [2.45, 2.75) is 11.3 Å². The van der Waals surface area contributed by atoms with Crippen LogP contribution < -0.4 is 10.0 Å². The highest BCUT2D eigenvalue weighted by Crippen LogP contribution is 2.26. The van der Waals surface area contributed by atoms with Gasteiger partial charge in [-0.2, -0.15) is 4.37 Å². The number of aromatic nitrogens is 1. The van der Waals surface area contributed by atoms with Gasteiger partial charge in [0.15, 0.2) is 0 Å². The molecule has 0 fully saturated rings. The van der Waals surface area contributed by atoms with Crippen LogP contribution in [-0.2, 0) is 10.0 Å². The smallest absolute Gasteiger partial charge is 0.243 e. The topological polar surface area (TPSA) is 71.1 Å². The number of fused-ring (bicyclic) bond motifs is 1.